The van der Waals surface area contributed by atoms with Crippen molar-refractivity contribution in [2.45, 2.75) is 20.0 Å². The maximum absolute atomic E-state index is 12.3. The Bertz CT molecular complexity index is 892. The van der Waals surface area contributed by atoms with Gasteiger partial charge in [-0.05, 0) is 54.4 Å². The number of amides is 1. The van der Waals surface area contributed by atoms with Gasteiger partial charge in [0.2, 0.25) is 0 Å². The lowest BCUT2D eigenvalue weighted by Crippen LogP contribution is -2.30. The molecule has 0 spiro atoms. The number of fused-ring (bicyclic) bond motifs is 1. The smallest absolute Gasteiger partial charge is 0.265 e. The Hall–Kier alpha value is -2.52. The van der Waals surface area contributed by atoms with Crippen LogP contribution in [0.3, 0.4) is 0 Å². The Morgan fingerprint density at radius 2 is 1.79 bits per heavy atom. The highest BCUT2D eigenvalue weighted by Gasteiger charge is 2.15. The quantitative estimate of drug-likeness (QED) is 0.708. The van der Waals surface area contributed by atoms with Gasteiger partial charge in [0.05, 0.1) is 0 Å². The molecule has 0 heterocycles. The summed E-state index contributed by atoms with van der Waals surface area (Å²) in [4.78, 5) is 12.3. The third-order valence-corrected chi connectivity index (χ3v) is 4.25. The second-order valence-electron chi connectivity index (χ2n) is 5.72. The molecule has 3 nitrogen and oxygen atoms in total. The van der Waals surface area contributed by atoms with Crippen LogP contribution < -0.4 is 10.1 Å². The Balaban J connectivity index is 1.69. The number of hydrogen-bond donors (Lipinski definition) is 1. The minimum atomic E-state index is -0.619. The first-order valence-corrected chi connectivity index (χ1v) is 8.13. The van der Waals surface area contributed by atoms with Crippen molar-refractivity contribution in [3.8, 4) is 5.75 Å². The van der Waals surface area contributed by atoms with Crippen LogP contribution in [0.15, 0.2) is 60.7 Å². The molecule has 0 fully saturated rings. The van der Waals surface area contributed by atoms with Gasteiger partial charge in [0.25, 0.3) is 5.91 Å². The molecular formula is C20H18ClNO2. The van der Waals surface area contributed by atoms with Crippen LogP contribution in [-0.2, 0) is 4.79 Å². The number of benzene rings is 3. The van der Waals surface area contributed by atoms with Gasteiger partial charge in [-0.2, -0.15) is 0 Å². The minimum absolute atomic E-state index is 0.219. The molecule has 0 saturated carbocycles. The maximum atomic E-state index is 12.3. The number of nitrogens with one attached hydrogen (secondary N) is 1. The maximum Gasteiger partial charge on any atom is 0.265 e. The van der Waals surface area contributed by atoms with E-state index in [4.69, 9.17) is 16.3 Å². The predicted octanol–water partition coefficient (Wildman–Crippen LogP) is 5.21. The van der Waals surface area contributed by atoms with Crippen LogP contribution in [0.2, 0.25) is 5.02 Å². The highest BCUT2D eigenvalue weighted by atomic mass is 35.5. The van der Waals surface area contributed by atoms with Crippen LogP contribution in [0.1, 0.15) is 12.5 Å². The normalized spacial score (nSPS) is 12.0. The number of rotatable bonds is 4. The van der Waals surface area contributed by atoms with Gasteiger partial charge in [0.1, 0.15) is 5.75 Å². The molecule has 1 N–H and O–H groups in total. The Morgan fingerprint density at radius 3 is 2.54 bits per heavy atom. The number of anilines is 1. The summed E-state index contributed by atoms with van der Waals surface area (Å²) in [6, 6.07) is 19.2. The van der Waals surface area contributed by atoms with Crippen LogP contribution >= 0.6 is 11.6 Å². The molecule has 0 aliphatic carbocycles. The fraction of sp³-hybridized carbons (Fsp3) is 0.150. The van der Waals surface area contributed by atoms with E-state index in [1.54, 1.807) is 13.0 Å². The second kappa shape index (κ2) is 6.93. The van der Waals surface area contributed by atoms with Gasteiger partial charge in [-0.3, -0.25) is 4.79 Å². The topological polar surface area (TPSA) is 38.3 Å². The molecule has 4 heteroatoms. The minimum Gasteiger partial charge on any atom is -0.481 e. The van der Waals surface area contributed by atoms with Crippen LogP contribution in [-0.4, -0.2) is 12.0 Å². The number of carbonyl (C=O) groups is 1. The van der Waals surface area contributed by atoms with Gasteiger partial charge in [0.15, 0.2) is 6.10 Å². The molecule has 0 saturated heterocycles. The van der Waals surface area contributed by atoms with Crippen molar-refractivity contribution >= 4 is 34.0 Å². The Labute approximate surface area is 146 Å². The zero-order valence-corrected chi connectivity index (χ0v) is 14.3. The predicted molar refractivity (Wildman–Crippen MR) is 98.9 cm³/mol. The summed E-state index contributed by atoms with van der Waals surface area (Å²) in [6.07, 6.45) is -0.619. The average molecular weight is 340 g/mol. The van der Waals surface area contributed by atoms with E-state index in [2.05, 4.69) is 5.32 Å². The van der Waals surface area contributed by atoms with Gasteiger partial charge in [-0.15, -0.1) is 0 Å². The number of aryl methyl sites for hydroxylation is 1. The van der Waals surface area contributed by atoms with Crippen molar-refractivity contribution in [2.24, 2.45) is 0 Å². The molecule has 3 aromatic rings. The molecular weight excluding hydrogens is 322 g/mol. The van der Waals surface area contributed by atoms with Gasteiger partial charge >= 0.3 is 0 Å². The third-order valence-electron chi connectivity index (χ3n) is 3.84. The highest BCUT2D eigenvalue weighted by Crippen LogP contribution is 2.23. The Kier molecular flexibility index (Phi) is 4.72. The molecule has 3 rings (SSSR count). The van der Waals surface area contributed by atoms with E-state index in [1.807, 2.05) is 61.5 Å². The van der Waals surface area contributed by atoms with E-state index < -0.39 is 6.10 Å². The first-order valence-electron chi connectivity index (χ1n) is 7.75. The van der Waals surface area contributed by atoms with Crippen molar-refractivity contribution in [2.75, 3.05) is 5.32 Å². The van der Waals surface area contributed by atoms with E-state index >= 15 is 0 Å². The van der Waals surface area contributed by atoms with Crippen molar-refractivity contribution < 1.29 is 9.53 Å². The molecule has 24 heavy (non-hydrogen) atoms. The number of carbonyl (C=O) groups excluding carboxylic acids is 1. The van der Waals surface area contributed by atoms with E-state index in [0.29, 0.717) is 16.5 Å². The van der Waals surface area contributed by atoms with Crippen molar-refractivity contribution in [3.63, 3.8) is 0 Å². The van der Waals surface area contributed by atoms with E-state index in [1.165, 1.54) is 0 Å². The SMILES string of the molecule is Cc1ccc(NC(=O)[C@H](C)Oc2ccc3ccccc3c2)cc1Cl. The third kappa shape index (κ3) is 3.69. The molecule has 0 aliphatic rings. The molecule has 0 aromatic heterocycles. The summed E-state index contributed by atoms with van der Waals surface area (Å²) in [7, 11) is 0. The van der Waals surface area contributed by atoms with Gasteiger partial charge < -0.3 is 10.1 Å². The lowest BCUT2D eigenvalue weighted by atomic mass is 10.1. The summed E-state index contributed by atoms with van der Waals surface area (Å²) < 4.78 is 5.77. The summed E-state index contributed by atoms with van der Waals surface area (Å²) in [6.45, 7) is 3.64. The van der Waals surface area contributed by atoms with Gasteiger partial charge in [0, 0.05) is 10.7 Å². The van der Waals surface area contributed by atoms with Crippen molar-refractivity contribution in [1.82, 2.24) is 0 Å². The van der Waals surface area contributed by atoms with Crippen LogP contribution in [0.5, 0.6) is 5.75 Å². The Morgan fingerprint density at radius 1 is 1.04 bits per heavy atom. The molecule has 0 bridgehead atoms. The molecule has 1 atom stereocenters. The van der Waals surface area contributed by atoms with Gasteiger partial charge in [-0.1, -0.05) is 48.0 Å². The van der Waals surface area contributed by atoms with Crippen molar-refractivity contribution in [3.05, 3.63) is 71.2 Å². The standard InChI is InChI=1S/C20H18ClNO2/c1-13-7-9-17(12-19(13)21)22-20(23)14(2)24-18-10-8-15-5-3-4-6-16(15)11-18/h3-12,14H,1-2H3,(H,22,23)/t14-/m0/s1. The molecule has 1 amide bonds. The molecule has 122 valence electrons. The lowest BCUT2D eigenvalue weighted by molar-refractivity contribution is -0.122. The number of ether oxygens (including phenoxy) is 1. The first kappa shape index (κ1) is 16.3. The summed E-state index contributed by atoms with van der Waals surface area (Å²) in [5, 5.41) is 5.65. The second-order valence-corrected chi connectivity index (χ2v) is 6.13. The average Bonchev–Trinajstić information content (AvgIpc) is 2.58. The van der Waals surface area contributed by atoms with E-state index in [-0.39, 0.29) is 5.91 Å². The van der Waals surface area contributed by atoms with Crippen molar-refractivity contribution in [1.29, 1.82) is 0 Å². The van der Waals surface area contributed by atoms with Gasteiger partial charge in [-0.25, -0.2) is 0 Å². The van der Waals surface area contributed by atoms with Crippen LogP contribution in [0.25, 0.3) is 10.8 Å². The molecule has 0 radical (unpaired) electrons. The largest absolute Gasteiger partial charge is 0.481 e. The fourth-order valence-corrected chi connectivity index (χ4v) is 2.59. The number of halogens is 1. The summed E-state index contributed by atoms with van der Waals surface area (Å²) in [5.74, 6) is 0.446. The van der Waals surface area contributed by atoms with Crippen LogP contribution in [0, 0.1) is 6.92 Å². The molecule has 3 aromatic carbocycles. The van der Waals surface area contributed by atoms with Crippen LogP contribution in [0.4, 0.5) is 5.69 Å². The zero-order chi connectivity index (χ0) is 17.1. The molecule has 0 unspecified atom stereocenters. The highest BCUT2D eigenvalue weighted by molar-refractivity contribution is 6.31. The first-order chi connectivity index (χ1) is 11.5. The zero-order valence-electron chi connectivity index (χ0n) is 13.5. The van der Waals surface area contributed by atoms with E-state index in [9.17, 15) is 4.79 Å². The summed E-state index contributed by atoms with van der Waals surface area (Å²) in [5.41, 5.74) is 1.62. The molecule has 0 aliphatic heterocycles. The van der Waals surface area contributed by atoms with E-state index in [0.717, 1.165) is 16.3 Å². The summed E-state index contributed by atoms with van der Waals surface area (Å²) >= 11 is 6.08. The number of hydrogen-bond acceptors (Lipinski definition) is 2. The fourth-order valence-electron chi connectivity index (χ4n) is 2.41. The monoisotopic (exact) mass is 339 g/mol. The lowest BCUT2D eigenvalue weighted by Gasteiger charge is -2.15.